The number of carbonyl (C=O) groups is 1. The van der Waals surface area contributed by atoms with Crippen LogP contribution < -0.4 is 5.32 Å². The van der Waals surface area contributed by atoms with Crippen LogP contribution in [0.15, 0.2) is 0 Å². The van der Waals surface area contributed by atoms with Crippen LogP contribution in [0.5, 0.6) is 0 Å². The third kappa shape index (κ3) is 2.62. The fourth-order valence-electron chi connectivity index (χ4n) is 2.29. The molecule has 0 aliphatic carbocycles. The lowest BCUT2D eigenvalue weighted by molar-refractivity contribution is -0.151. The summed E-state index contributed by atoms with van der Waals surface area (Å²) >= 11 is 0. The van der Waals surface area contributed by atoms with Gasteiger partial charge in [-0.2, -0.15) is 0 Å². The second-order valence-electron chi connectivity index (χ2n) is 4.31. The van der Waals surface area contributed by atoms with E-state index in [1.807, 2.05) is 0 Å². The molecule has 1 amide bonds. The van der Waals surface area contributed by atoms with Crippen molar-refractivity contribution in [2.75, 3.05) is 26.2 Å². The Morgan fingerprint density at radius 3 is 2.47 bits per heavy atom. The van der Waals surface area contributed by atoms with Crippen LogP contribution in [0.1, 0.15) is 25.7 Å². The van der Waals surface area contributed by atoms with Gasteiger partial charge in [-0.25, -0.2) is 0 Å². The molecule has 0 aromatic carbocycles. The van der Waals surface area contributed by atoms with E-state index in [4.69, 9.17) is 0 Å². The van der Waals surface area contributed by atoms with Crippen LogP contribution in [0.4, 0.5) is 0 Å². The second-order valence-corrected chi connectivity index (χ2v) is 4.31. The molecule has 0 radical (unpaired) electrons. The number of nitrogens with zero attached hydrogens (tertiary/aromatic N) is 1. The van der Waals surface area contributed by atoms with E-state index >= 15 is 0 Å². The zero-order valence-electron chi connectivity index (χ0n) is 8.87. The fraction of sp³-hybridized carbons (Fsp3) is 0.900. The number of aliphatic hydroxyl groups is 1. The lowest BCUT2D eigenvalue weighted by atomic mass is 9.93. The number of carbonyl (C=O) groups excluding carboxylic acids is 1. The maximum atomic E-state index is 12.0. The molecule has 2 aliphatic heterocycles. The van der Waals surface area contributed by atoms with E-state index in [0.29, 0.717) is 13.0 Å². The molecule has 0 bridgehead atoms. The minimum absolute atomic E-state index is 0. The molecule has 2 N–H and O–H groups in total. The van der Waals surface area contributed by atoms with Crippen molar-refractivity contribution in [2.45, 2.75) is 31.3 Å². The number of likely N-dealkylation sites (tertiary alicyclic amines) is 1. The van der Waals surface area contributed by atoms with Gasteiger partial charge < -0.3 is 15.3 Å². The molecule has 15 heavy (non-hydrogen) atoms. The maximum Gasteiger partial charge on any atom is 0.255 e. The Hall–Kier alpha value is -0.320. The molecule has 1 unspecified atom stereocenters. The number of β-amino-alcohol motifs (C(OH)–C–C–N with tert-alkyl or cyclic N) is 1. The highest BCUT2D eigenvalue weighted by Crippen LogP contribution is 2.21. The Morgan fingerprint density at radius 1 is 1.27 bits per heavy atom. The first kappa shape index (κ1) is 12.7. The predicted octanol–water partition coefficient (Wildman–Crippen LogP) is 0.145. The van der Waals surface area contributed by atoms with E-state index in [9.17, 15) is 9.90 Å². The smallest absolute Gasteiger partial charge is 0.255 e. The zero-order chi connectivity index (χ0) is 10.0. The van der Waals surface area contributed by atoms with Gasteiger partial charge in [-0.15, -0.1) is 12.4 Å². The van der Waals surface area contributed by atoms with E-state index in [1.165, 1.54) is 0 Å². The number of rotatable bonds is 1. The minimum Gasteiger partial charge on any atom is -0.379 e. The Balaban J connectivity index is 0.00000112. The van der Waals surface area contributed by atoms with Crippen molar-refractivity contribution in [3.63, 3.8) is 0 Å². The van der Waals surface area contributed by atoms with E-state index in [-0.39, 0.29) is 18.3 Å². The normalized spacial score (nSPS) is 31.1. The first-order chi connectivity index (χ1) is 6.72. The van der Waals surface area contributed by atoms with E-state index in [0.717, 1.165) is 38.9 Å². The number of piperidine rings is 1. The summed E-state index contributed by atoms with van der Waals surface area (Å²) in [6.45, 7) is 2.97. The first-order valence-electron chi connectivity index (χ1n) is 5.45. The molecule has 2 rings (SSSR count). The Bertz CT molecular complexity index is 223. The second kappa shape index (κ2) is 5.14. The van der Waals surface area contributed by atoms with Crippen molar-refractivity contribution >= 4 is 18.3 Å². The highest BCUT2D eigenvalue weighted by molar-refractivity contribution is 5.85. The summed E-state index contributed by atoms with van der Waals surface area (Å²) < 4.78 is 0. The molecule has 4 nitrogen and oxygen atoms in total. The van der Waals surface area contributed by atoms with Crippen LogP contribution in [-0.2, 0) is 4.79 Å². The van der Waals surface area contributed by atoms with Crippen LogP contribution >= 0.6 is 12.4 Å². The third-order valence-electron chi connectivity index (χ3n) is 3.15. The number of nitrogens with one attached hydrogen (secondary N) is 1. The summed E-state index contributed by atoms with van der Waals surface area (Å²) in [5.74, 6) is -0.0674. The molecular formula is C10H19ClN2O2. The lowest BCUT2D eigenvalue weighted by Gasteiger charge is -2.34. The quantitative estimate of drug-likeness (QED) is 0.679. The van der Waals surface area contributed by atoms with Crippen molar-refractivity contribution in [1.82, 2.24) is 10.2 Å². The summed E-state index contributed by atoms with van der Waals surface area (Å²) in [6, 6.07) is 0. The van der Waals surface area contributed by atoms with Gasteiger partial charge in [-0.05, 0) is 32.2 Å². The van der Waals surface area contributed by atoms with Crippen molar-refractivity contribution in [2.24, 2.45) is 0 Å². The molecule has 0 spiro atoms. The van der Waals surface area contributed by atoms with Crippen molar-refractivity contribution in [3.8, 4) is 0 Å². The Labute approximate surface area is 96.4 Å². The molecular weight excluding hydrogens is 216 g/mol. The fourth-order valence-corrected chi connectivity index (χ4v) is 2.29. The third-order valence-corrected chi connectivity index (χ3v) is 3.15. The Kier molecular flexibility index (Phi) is 4.37. The molecule has 2 heterocycles. The van der Waals surface area contributed by atoms with Crippen LogP contribution in [0.25, 0.3) is 0 Å². The minimum atomic E-state index is -1.12. The van der Waals surface area contributed by atoms with Gasteiger partial charge in [-0.1, -0.05) is 0 Å². The van der Waals surface area contributed by atoms with Gasteiger partial charge in [0.05, 0.1) is 0 Å². The summed E-state index contributed by atoms with van der Waals surface area (Å²) in [5, 5.41) is 13.2. The van der Waals surface area contributed by atoms with E-state index in [1.54, 1.807) is 4.90 Å². The van der Waals surface area contributed by atoms with Gasteiger partial charge in [0.15, 0.2) is 5.60 Å². The molecule has 2 fully saturated rings. The van der Waals surface area contributed by atoms with E-state index < -0.39 is 5.60 Å². The highest BCUT2D eigenvalue weighted by atomic mass is 35.5. The molecule has 5 heteroatoms. The van der Waals surface area contributed by atoms with Gasteiger partial charge in [0.25, 0.3) is 5.91 Å². The van der Waals surface area contributed by atoms with Crippen LogP contribution in [-0.4, -0.2) is 47.7 Å². The molecule has 1 atom stereocenters. The van der Waals surface area contributed by atoms with Crippen molar-refractivity contribution < 1.29 is 9.90 Å². The predicted molar refractivity (Wildman–Crippen MR) is 60.1 cm³/mol. The molecule has 88 valence electrons. The molecule has 0 aromatic rings. The average Bonchev–Trinajstić information content (AvgIpc) is 2.70. The van der Waals surface area contributed by atoms with Crippen LogP contribution in [0.3, 0.4) is 0 Å². The van der Waals surface area contributed by atoms with Gasteiger partial charge in [0, 0.05) is 19.6 Å². The largest absolute Gasteiger partial charge is 0.379 e. The maximum absolute atomic E-state index is 12.0. The summed E-state index contributed by atoms with van der Waals surface area (Å²) in [7, 11) is 0. The topological polar surface area (TPSA) is 52.6 Å². The van der Waals surface area contributed by atoms with Crippen LogP contribution in [0, 0.1) is 0 Å². The number of hydrogen-bond donors (Lipinski definition) is 2. The SMILES string of the molecule is Cl.O=C(N1CCCC1)C1(O)CCCNC1. The molecule has 2 aliphatic rings. The van der Waals surface area contributed by atoms with Gasteiger partial charge in [0.2, 0.25) is 0 Å². The molecule has 0 saturated carbocycles. The molecule has 0 aromatic heterocycles. The van der Waals surface area contributed by atoms with Gasteiger partial charge in [-0.3, -0.25) is 4.79 Å². The monoisotopic (exact) mass is 234 g/mol. The summed E-state index contributed by atoms with van der Waals surface area (Å²) in [4.78, 5) is 13.8. The first-order valence-corrected chi connectivity index (χ1v) is 5.45. The van der Waals surface area contributed by atoms with E-state index in [2.05, 4.69) is 5.32 Å². The zero-order valence-corrected chi connectivity index (χ0v) is 9.68. The number of amides is 1. The molecule has 2 saturated heterocycles. The highest BCUT2D eigenvalue weighted by Gasteiger charge is 2.40. The summed E-state index contributed by atoms with van der Waals surface area (Å²) in [5.41, 5.74) is -1.12. The van der Waals surface area contributed by atoms with Crippen molar-refractivity contribution in [1.29, 1.82) is 0 Å². The Morgan fingerprint density at radius 2 is 1.93 bits per heavy atom. The number of hydrogen-bond acceptors (Lipinski definition) is 3. The standard InChI is InChI=1S/C10H18N2O2.ClH/c13-9(12-6-1-2-7-12)10(14)4-3-5-11-8-10;/h11,14H,1-8H2;1H. The van der Waals surface area contributed by atoms with Gasteiger partial charge >= 0.3 is 0 Å². The van der Waals surface area contributed by atoms with Crippen LogP contribution in [0.2, 0.25) is 0 Å². The van der Waals surface area contributed by atoms with Gasteiger partial charge in [0.1, 0.15) is 0 Å². The lowest BCUT2D eigenvalue weighted by Crippen LogP contribution is -2.56. The summed E-state index contributed by atoms with van der Waals surface area (Å²) in [6.07, 6.45) is 3.65. The average molecular weight is 235 g/mol. The van der Waals surface area contributed by atoms with Crippen molar-refractivity contribution in [3.05, 3.63) is 0 Å². The number of halogens is 1.